The number of hydrogen-bond acceptors (Lipinski definition) is 3. The zero-order valence-corrected chi connectivity index (χ0v) is 12.7. The highest BCUT2D eigenvalue weighted by atomic mass is 35.5. The molecule has 1 heterocycles. The number of nitrogens with zero attached hydrogens (tertiary/aromatic N) is 1. The fourth-order valence-corrected chi connectivity index (χ4v) is 2.59. The third-order valence-corrected chi connectivity index (χ3v) is 3.81. The van der Waals surface area contributed by atoms with Crippen LogP contribution in [-0.2, 0) is 4.74 Å². The van der Waals surface area contributed by atoms with Gasteiger partial charge >= 0.3 is 6.09 Å². The lowest BCUT2D eigenvalue weighted by molar-refractivity contribution is 0.0703. The van der Waals surface area contributed by atoms with Crippen molar-refractivity contribution in [3.8, 4) is 0 Å². The van der Waals surface area contributed by atoms with Crippen LogP contribution in [0, 0.1) is 0 Å². The molecule has 21 heavy (non-hydrogen) atoms. The van der Waals surface area contributed by atoms with E-state index < -0.39 is 6.09 Å². The van der Waals surface area contributed by atoms with Gasteiger partial charge in [-0.15, -0.1) is 0 Å². The normalized spacial score (nSPS) is 15.6. The molecule has 114 valence electrons. The molecule has 1 saturated heterocycles. The molecule has 0 aromatic heterocycles. The zero-order valence-electron chi connectivity index (χ0n) is 12.0. The van der Waals surface area contributed by atoms with Crippen LogP contribution in [0.5, 0.6) is 0 Å². The number of amides is 2. The van der Waals surface area contributed by atoms with Crippen LogP contribution in [-0.4, -0.2) is 42.6 Å². The van der Waals surface area contributed by atoms with Crippen molar-refractivity contribution in [3.63, 3.8) is 0 Å². The molecule has 5 nitrogen and oxygen atoms in total. The van der Waals surface area contributed by atoms with Gasteiger partial charge in [-0.1, -0.05) is 23.7 Å². The first-order chi connectivity index (χ1) is 10.1. The predicted octanol–water partition coefficient (Wildman–Crippen LogP) is 2.69. The second kappa shape index (κ2) is 7.31. The Balaban J connectivity index is 1.88. The van der Waals surface area contributed by atoms with Gasteiger partial charge in [-0.3, -0.25) is 4.79 Å². The van der Waals surface area contributed by atoms with Gasteiger partial charge in [-0.05, 0) is 31.9 Å². The highest BCUT2D eigenvalue weighted by Gasteiger charge is 2.25. The number of likely N-dealkylation sites (tertiary alicyclic amines) is 1. The topological polar surface area (TPSA) is 58.6 Å². The molecule has 6 heteroatoms. The number of alkyl carbamates (subject to hydrolysis) is 1. The summed E-state index contributed by atoms with van der Waals surface area (Å²) in [6.07, 6.45) is 1.04. The minimum Gasteiger partial charge on any atom is -0.450 e. The van der Waals surface area contributed by atoms with Crippen LogP contribution in [0.1, 0.15) is 30.1 Å². The second-order valence-corrected chi connectivity index (χ2v) is 5.32. The van der Waals surface area contributed by atoms with Crippen molar-refractivity contribution in [2.75, 3.05) is 19.7 Å². The van der Waals surface area contributed by atoms with Gasteiger partial charge in [0.15, 0.2) is 0 Å². The number of halogens is 1. The lowest BCUT2D eigenvalue weighted by Crippen LogP contribution is -2.46. The van der Waals surface area contributed by atoms with Gasteiger partial charge in [-0.2, -0.15) is 0 Å². The van der Waals surface area contributed by atoms with Crippen molar-refractivity contribution >= 4 is 23.6 Å². The Kier molecular flexibility index (Phi) is 5.44. The van der Waals surface area contributed by atoms with Crippen molar-refractivity contribution in [1.82, 2.24) is 10.2 Å². The van der Waals surface area contributed by atoms with Gasteiger partial charge in [0, 0.05) is 19.1 Å². The quantitative estimate of drug-likeness (QED) is 0.934. The Hall–Kier alpha value is -1.75. The molecule has 0 aliphatic carbocycles. The van der Waals surface area contributed by atoms with Gasteiger partial charge in [0.05, 0.1) is 17.2 Å². The van der Waals surface area contributed by atoms with Crippen LogP contribution in [0.4, 0.5) is 4.79 Å². The van der Waals surface area contributed by atoms with E-state index in [1.165, 1.54) is 0 Å². The van der Waals surface area contributed by atoms with Crippen LogP contribution in [0.15, 0.2) is 24.3 Å². The molecule has 1 aromatic carbocycles. The highest BCUT2D eigenvalue weighted by molar-refractivity contribution is 6.33. The number of ether oxygens (including phenoxy) is 1. The molecule has 2 rings (SSSR count). The molecule has 2 amide bonds. The Morgan fingerprint density at radius 3 is 2.62 bits per heavy atom. The van der Waals surface area contributed by atoms with E-state index in [0.29, 0.717) is 30.3 Å². The number of hydrogen-bond donors (Lipinski definition) is 1. The molecular formula is C15H19ClN2O3. The average Bonchev–Trinajstić information content (AvgIpc) is 2.48. The summed E-state index contributed by atoms with van der Waals surface area (Å²) in [5, 5.41) is 3.27. The summed E-state index contributed by atoms with van der Waals surface area (Å²) in [7, 11) is 0. The minimum absolute atomic E-state index is 0.0549. The fraction of sp³-hybridized carbons (Fsp3) is 0.467. The monoisotopic (exact) mass is 310 g/mol. The Morgan fingerprint density at radius 1 is 1.33 bits per heavy atom. The smallest absolute Gasteiger partial charge is 0.407 e. The van der Waals surface area contributed by atoms with E-state index in [0.717, 1.165) is 12.8 Å². The van der Waals surface area contributed by atoms with Crippen LogP contribution >= 0.6 is 11.6 Å². The van der Waals surface area contributed by atoms with Crippen LogP contribution in [0.2, 0.25) is 5.02 Å². The predicted molar refractivity (Wildman–Crippen MR) is 80.5 cm³/mol. The van der Waals surface area contributed by atoms with E-state index in [4.69, 9.17) is 16.3 Å². The average molecular weight is 311 g/mol. The fourth-order valence-electron chi connectivity index (χ4n) is 2.37. The summed E-state index contributed by atoms with van der Waals surface area (Å²) < 4.78 is 4.86. The number of carbonyl (C=O) groups excluding carboxylic acids is 2. The third kappa shape index (κ3) is 4.11. The zero-order chi connectivity index (χ0) is 15.2. The first-order valence-electron chi connectivity index (χ1n) is 7.09. The molecule has 1 aromatic rings. The summed E-state index contributed by atoms with van der Waals surface area (Å²) in [5.74, 6) is -0.0600. The Labute approximate surface area is 129 Å². The SMILES string of the molecule is CCOC(=O)NC1CCN(C(=O)c2ccccc2Cl)CC1. The highest BCUT2D eigenvalue weighted by Crippen LogP contribution is 2.19. The maximum atomic E-state index is 12.4. The number of rotatable bonds is 3. The molecule has 1 aliphatic heterocycles. The van der Waals surface area contributed by atoms with Crippen LogP contribution < -0.4 is 5.32 Å². The van der Waals surface area contributed by atoms with Crippen LogP contribution in [0.3, 0.4) is 0 Å². The Bertz CT molecular complexity index is 513. The van der Waals surface area contributed by atoms with Crippen molar-refractivity contribution in [3.05, 3.63) is 34.9 Å². The molecule has 0 unspecified atom stereocenters. The van der Waals surface area contributed by atoms with Gasteiger partial charge in [-0.25, -0.2) is 4.79 Å². The number of carbonyl (C=O) groups is 2. The number of piperidine rings is 1. The lowest BCUT2D eigenvalue weighted by atomic mass is 10.0. The van der Waals surface area contributed by atoms with E-state index >= 15 is 0 Å². The third-order valence-electron chi connectivity index (χ3n) is 3.48. The summed E-state index contributed by atoms with van der Waals surface area (Å²) in [6, 6.07) is 7.10. The molecule has 1 N–H and O–H groups in total. The van der Waals surface area contributed by atoms with Gasteiger partial charge in [0.1, 0.15) is 0 Å². The summed E-state index contributed by atoms with van der Waals surface area (Å²) in [5.41, 5.74) is 0.524. The van der Waals surface area contributed by atoms with Crippen molar-refractivity contribution in [1.29, 1.82) is 0 Å². The van der Waals surface area contributed by atoms with Crippen molar-refractivity contribution in [2.24, 2.45) is 0 Å². The summed E-state index contributed by atoms with van der Waals surface area (Å²) >= 11 is 6.05. The summed E-state index contributed by atoms with van der Waals surface area (Å²) in [6.45, 7) is 3.32. The van der Waals surface area contributed by atoms with Crippen LogP contribution in [0.25, 0.3) is 0 Å². The molecular weight excluding hydrogens is 292 g/mol. The maximum Gasteiger partial charge on any atom is 0.407 e. The second-order valence-electron chi connectivity index (χ2n) is 4.91. The van der Waals surface area contributed by atoms with Gasteiger partial charge in [0.2, 0.25) is 0 Å². The number of nitrogens with one attached hydrogen (secondary N) is 1. The molecule has 0 spiro atoms. The molecule has 0 bridgehead atoms. The van der Waals surface area contributed by atoms with Crippen molar-refractivity contribution in [2.45, 2.75) is 25.8 Å². The van der Waals surface area contributed by atoms with Crippen molar-refractivity contribution < 1.29 is 14.3 Å². The summed E-state index contributed by atoms with van der Waals surface area (Å²) in [4.78, 5) is 25.5. The first kappa shape index (κ1) is 15.6. The lowest BCUT2D eigenvalue weighted by Gasteiger charge is -2.32. The number of benzene rings is 1. The molecule has 0 saturated carbocycles. The standard InChI is InChI=1S/C15H19ClN2O3/c1-2-21-15(20)17-11-7-9-18(10-8-11)14(19)12-5-3-4-6-13(12)16/h3-6,11H,2,7-10H2,1H3,(H,17,20). The largest absolute Gasteiger partial charge is 0.450 e. The van der Waals surface area contributed by atoms with E-state index in [1.807, 2.05) is 0 Å². The minimum atomic E-state index is -0.395. The Morgan fingerprint density at radius 2 is 2.00 bits per heavy atom. The molecule has 1 fully saturated rings. The molecule has 1 aliphatic rings. The van der Waals surface area contributed by atoms with E-state index in [1.54, 1.807) is 36.1 Å². The first-order valence-corrected chi connectivity index (χ1v) is 7.46. The van der Waals surface area contributed by atoms with Gasteiger partial charge in [0.25, 0.3) is 5.91 Å². The van der Waals surface area contributed by atoms with Gasteiger partial charge < -0.3 is 15.0 Å². The maximum absolute atomic E-state index is 12.4. The molecule has 0 atom stereocenters. The van der Waals surface area contributed by atoms with E-state index in [9.17, 15) is 9.59 Å². The van der Waals surface area contributed by atoms with E-state index in [2.05, 4.69) is 5.32 Å². The van der Waals surface area contributed by atoms with E-state index in [-0.39, 0.29) is 11.9 Å². The molecule has 0 radical (unpaired) electrons.